The number of rotatable bonds is 2. The normalized spacial score (nSPS) is 12.1. The van der Waals surface area contributed by atoms with Crippen LogP contribution in [0.4, 0.5) is 0 Å². The van der Waals surface area contributed by atoms with Crippen LogP contribution in [0.1, 0.15) is 11.1 Å². The minimum atomic E-state index is 0.975. The fraction of sp³-hybridized carbons (Fsp3) is 0.0303. The SMILES string of the molecule is c1ccc2c(c1)Cc1c-2ccc(-c2cccc3ccccc23)c1-c1cccc2ccccc12. The first kappa shape index (κ1) is 18.4. The van der Waals surface area contributed by atoms with E-state index >= 15 is 0 Å². The summed E-state index contributed by atoms with van der Waals surface area (Å²) in [7, 11) is 0. The van der Waals surface area contributed by atoms with Crippen LogP contribution in [-0.4, -0.2) is 0 Å². The van der Waals surface area contributed by atoms with E-state index in [0.717, 1.165) is 6.42 Å². The molecule has 0 aromatic heterocycles. The molecule has 0 heteroatoms. The molecule has 0 nitrogen and oxygen atoms in total. The third-order valence-electron chi connectivity index (χ3n) is 7.13. The third-order valence-corrected chi connectivity index (χ3v) is 7.13. The Morgan fingerprint density at radius 3 is 1.70 bits per heavy atom. The average molecular weight is 419 g/mol. The van der Waals surface area contributed by atoms with Gasteiger partial charge in [0.25, 0.3) is 0 Å². The van der Waals surface area contributed by atoms with Gasteiger partial charge in [0.05, 0.1) is 0 Å². The van der Waals surface area contributed by atoms with Crippen molar-refractivity contribution in [3.8, 4) is 33.4 Å². The summed E-state index contributed by atoms with van der Waals surface area (Å²) in [6.45, 7) is 0. The van der Waals surface area contributed by atoms with Gasteiger partial charge in [-0.1, -0.05) is 121 Å². The van der Waals surface area contributed by atoms with E-state index in [1.165, 1.54) is 66.1 Å². The van der Waals surface area contributed by atoms with Gasteiger partial charge >= 0.3 is 0 Å². The van der Waals surface area contributed by atoms with Crippen molar-refractivity contribution in [1.29, 1.82) is 0 Å². The molecule has 0 saturated heterocycles. The fourth-order valence-corrected chi connectivity index (χ4v) is 5.65. The summed E-state index contributed by atoms with van der Waals surface area (Å²) in [4.78, 5) is 0. The van der Waals surface area contributed by atoms with Crippen LogP contribution in [0.2, 0.25) is 0 Å². The van der Waals surface area contributed by atoms with Gasteiger partial charge in [-0.05, 0) is 72.5 Å². The number of benzene rings is 6. The lowest BCUT2D eigenvalue weighted by Crippen LogP contribution is -1.94. The maximum absolute atomic E-state index is 2.35. The summed E-state index contributed by atoms with van der Waals surface area (Å²) in [6, 6.07) is 44.4. The smallest absolute Gasteiger partial charge is 0.000706 e. The molecule has 0 amide bonds. The van der Waals surface area contributed by atoms with Gasteiger partial charge < -0.3 is 0 Å². The van der Waals surface area contributed by atoms with E-state index < -0.39 is 0 Å². The maximum atomic E-state index is 2.35. The minimum absolute atomic E-state index is 0.975. The number of hydrogen-bond donors (Lipinski definition) is 0. The van der Waals surface area contributed by atoms with E-state index in [1.54, 1.807) is 0 Å². The molecular weight excluding hydrogens is 396 g/mol. The maximum Gasteiger partial charge on any atom is -0.000706 e. The highest BCUT2D eigenvalue weighted by Crippen LogP contribution is 2.48. The Bertz CT molecular complexity index is 1680. The van der Waals surface area contributed by atoms with Crippen LogP contribution in [0.15, 0.2) is 121 Å². The van der Waals surface area contributed by atoms with Crippen molar-refractivity contribution in [3.63, 3.8) is 0 Å². The highest BCUT2D eigenvalue weighted by atomic mass is 14.3. The lowest BCUT2D eigenvalue weighted by Gasteiger charge is -2.19. The molecular formula is C33H22. The van der Waals surface area contributed by atoms with Gasteiger partial charge in [-0.15, -0.1) is 0 Å². The second-order valence-electron chi connectivity index (χ2n) is 8.90. The molecule has 0 bridgehead atoms. The summed E-state index contributed by atoms with van der Waals surface area (Å²) in [5, 5.41) is 5.18. The molecule has 0 spiro atoms. The summed E-state index contributed by atoms with van der Waals surface area (Å²) in [5.74, 6) is 0. The van der Waals surface area contributed by atoms with E-state index in [4.69, 9.17) is 0 Å². The van der Waals surface area contributed by atoms with Gasteiger partial charge in [-0.25, -0.2) is 0 Å². The molecule has 33 heavy (non-hydrogen) atoms. The standard InChI is InChI=1S/C33H22/c1-4-14-25-22(9-1)12-7-17-28(25)31-20-19-29-27-16-6-3-11-24(27)21-32(29)33(31)30-18-8-13-23-10-2-5-15-26(23)30/h1-20H,21H2. The highest BCUT2D eigenvalue weighted by Gasteiger charge is 2.25. The molecule has 0 saturated carbocycles. The fourth-order valence-electron chi connectivity index (χ4n) is 5.65. The van der Waals surface area contributed by atoms with Crippen molar-refractivity contribution < 1.29 is 0 Å². The van der Waals surface area contributed by atoms with Crippen molar-refractivity contribution >= 4 is 21.5 Å². The van der Waals surface area contributed by atoms with E-state index in [1.807, 2.05) is 0 Å². The Balaban J connectivity index is 1.61. The molecule has 1 aliphatic rings. The lowest BCUT2D eigenvalue weighted by atomic mass is 9.84. The zero-order chi connectivity index (χ0) is 21.8. The number of fused-ring (bicyclic) bond motifs is 5. The van der Waals surface area contributed by atoms with Crippen LogP contribution in [-0.2, 0) is 6.42 Å². The summed E-state index contributed by atoms with van der Waals surface area (Å²) >= 11 is 0. The van der Waals surface area contributed by atoms with Gasteiger partial charge in [-0.2, -0.15) is 0 Å². The molecule has 0 atom stereocenters. The minimum Gasteiger partial charge on any atom is -0.0619 e. The molecule has 0 fully saturated rings. The monoisotopic (exact) mass is 418 g/mol. The second kappa shape index (κ2) is 7.18. The predicted octanol–water partition coefficient (Wildman–Crippen LogP) is 8.90. The average Bonchev–Trinajstić information content (AvgIpc) is 3.26. The van der Waals surface area contributed by atoms with Crippen molar-refractivity contribution in [1.82, 2.24) is 0 Å². The summed E-state index contributed by atoms with van der Waals surface area (Å²) in [5.41, 5.74) is 10.9. The van der Waals surface area contributed by atoms with Crippen LogP contribution in [0.25, 0.3) is 54.9 Å². The first-order valence-corrected chi connectivity index (χ1v) is 11.6. The predicted molar refractivity (Wildman–Crippen MR) is 141 cm³/mol. The summed E-state index contributed by atoms with van der Waals surface area (Å²) < 4.78 is 0. The molecule has 7 rings (SSSR count). The van der Waals surface area contributed by atoms with Crippen LogP contribution in [0.3, 0.4) is 0 Å². The Hall–Kier alpha value is -4.16. The number of hydrogen-bond acceptors (Lipinski definition) is 0. The van der Waals surface area contributed by atoms with Gasteiger partial charge in [0, 0.05) is 0 Å². The molecule has 0 radical (unpaired) electrons. The molecule has 0 aliphatic heterocycles. The van der Waals surface area contributed by atoms with E-state index in [0.29, 0.717) is 0 Å². The van der Waals surface area contributed by atoms with Gasteiger partial charge in [0.2, 0.25) is 0 Å². The molecule has 0 N–H and O–H groups in total. The molecule has 1 aliphatic carbocycles. The van der Waals surface area contributed by atoms with E-state index in [-0.39, 0.29) is 0 Å². The van der Waals surface area contributed by atoms with Crippen LogP contribution in [0, 0.1) is 0 Å². The van der Waals surface area contributed by atoms with Crippen molar-refractivity contribution in [3.05, 3.63) is 132 Å². The molecule has 6 aromatic carbocycles. The Labute approximate surface area is 193 Å². The Morgan fingerprint density at radius 2 is 0.909 bits per heavy atom. The zero-order valence-corrected chi connectivity index (χ0v) is 18.3. The van der Waals surface area contributed by atoms with Crippen molar-refractivity contribution in [2.75, 3.05) is 0 Å². The zero-order valence-electron chi connectivity index (χ0n) is 18.3. The molecule has 154 valence electrons. The first-order valence-electron chi connectivity index (χ1n) is 11.6. The Morgan fingerprint density at radius 1 is 0.364 bits per heavy atom. The van der Waals surface area contributed by atoms with Gasteiger partial charge in [-0.3, -0.25) is 0 Å². The van der Waals surface area contributed by atoms with Crippen molar-refractivity contribution in [2.45, 2.75) is 6.42 Å². The van der Waals surface area contributed by atoms with Crippen LogP contribution < -0.4 is 0 Å². The van der Waals surface area contributed by atoms with E-state index in [2.05, 4.69) is 121 Å². The summed E-state index contributed by atoms with van der Waals surface area (Å²) in [6.07, 6.45) is 0.975. The molecule has 0 unspecified atom stereocenters. The van der Waals surface area contributed by atoms with Crippen LogP contribution in [0.5, 0.6) is 0 Å². The highest BCUT2D eigenvalue weighted by molar-refractivity contribution is 6.07. The largest absolute Gasteiger partial charge is 0.0619 e. The van der Waals surface area contributed by atoms with Crippen LogP contribution >= 0.6 is 0 Å². The second-order valence-corrected chi connectivity index (χ2v) is 8.90. The van der Waals surface area contributed by atoms with Gasteiger partial charge in [0.15, 0.2) is 0 Å². The topological polar surface area (TPSA) is 0 Å². The molecule has 0 heterocycles. The Kier molecular flexibility index (Phi) is 4.01. The first-order chi connectivity index (χ1) is 16.4. The van der Waals surface area contributed by atoms with Crippen molar-refractivity contribution in [2.24, 2.45) is 0 Å². The quantitative estimate of drug-likeness (QED) is 0.263. The van der Waals surface area contributed by atoms with E-state index in [9.17, 15) is 0 Å². The third kappa shape index (κ3) is 2.78. The molecule has 6 aromatic rings. The lowest BCUT2D eigenvalue weighted by molar-refractivity contribution is 1.27. The van der Waals surface area contributed by atoms with Gasteiger partial charge in [0.1, 0.15) is 0 Å².